The molecule has 1 unspecified atom stereocenters. The summed E-state index contributed by atoms with van der Waals surface area (Å²) in [6.07, 6.45) is 7.56. The van der Waals surface area contributed by atoms with Gasteiger partial charge in [0.25, 0.3) is 10.6 Å². The predicted octanol–water partition coefficient (Wildman–Crippen LogP) is 5.03. The SMILES string of the molecule is CCC1CCc2ccccc2SC1=c1sc(=Cc2scc[n+]2Cc2ccccc2)n(CC)c1=O. The fraction of sp³-hybridized carbons (Fsp3) is 0.286. The second kappa shape index (κ2) is 10.5. The molecule has 2 aromatic heterocycles. The van der Waals surface area contributed by atoms with Gasteiger partial charge in [-0.1, -0.05) is 78.6 Å². The van der Waals surface area contributed by atoms with Crippen molar-refractivity contribution in [3.8, 4) is 0 Å². The number of aromatic nitrogens is 2. The van der Waals surface area contributed by atoms with Crippen molar-refractivity contribution in [2.24, 2.45) is 5.92 Å². The van der Waals surface area contributed by atoms with Crippen LogP contribution in [0.25, 0.3) is 11.0 Å². The number of fused-ring (bicyclic) bond motifs is 1. The van der Waals surface area contributed by atoms with Crippen LogP contribution in [0.3, 0.4) is 0 Å². The van der Waals surface area contributed by atoms with E-state index in [1.54, 1.807) is 22.7 Å². The number of benzene rings is 2. The molecule has 0 N–H and O–H groups in total. The van der Waals surface area contributed by atoms with Gasteiger partial charge in [-0.3, -0.25) is 9.36 Å². The molecule has 0 fully saturated rings. The van der Waals surface area contributed by atoms with E-state index in [9.17, 15) is 4.79 Å². The van der Waals surface area contributed by atoms with Crippen molar-refractivity contribution in [1.29, 1.82) is 0 Å². The van der Waals surface area contributed by atoms with Gasteiger partial charge in [0.05, 0.1) is 11.5 Å². The van der Waals surface area contributed by atoms with Gasteiger partial charge in [-0.15, -0.1) is 11.3 Å². The van der Waals surface area contributed by atoms with Gasteiger partial charge in [-0.25, -0.2) is 0 Å². The van der Waals surface area contributed by atoms with Crippen LogP contribution in [0.15, 0.2) is 75.9 Å². The third-order valence-corrected chi connectivity index (χ3v) is 9.93. The Labute approximate surface area is 212 Å². The number of rotatable bonds is 5. The van der Waals surface area contributed by atoms with Gasteiger partial charge in [0, 0.05) is 21.9 Å². The highest BCUT2D eigenvalue weighted by molar-refractivity contribution is 8.08. The quantitative estimate of drug-likeness (QED) is 0.356. The van der Waals surface area contributed by atoms with Crippen LogP contribution < -0.4 is 19.3 Å². The van der Waals surface area contributed by atoms with Crippen LogP contribution >= 0.6 is 34.4 Å². The van der Waals surface area contributed by atoms with Crippen LogP contribution in [-0.4, -0.2) is 4.57 Å². The monoisotopic (exact) mass is 505 g/mol. The number of thioether (sulfide) groups is 1. The van der Waals surface area contributed by atoms with Gasteiger partial charge in [0.2, 0.25) is 0 Å². The summed E-state index contributed by atoms with van der Waals surface area (Å²) < 4.78 is 6.17. The molecule has 1 aliphatic rings. The number of hydrogen-bond acceptors (Lipinski definition) is 4. The van der Waals surface area contributed by atoms with Crippen LogP contribution in [0.5, 0.6) is 0 Å². The van der Waals surface area contributed by atoms with E-state index >= 15 is 0 Å². The molecule has 2 aromatic carbocycles. The second-order valence-corrected chi connectivity index (χ2v) is 11.6. The molecular formula is C28H29N2OS3+. The zero-order valence-electron chi connectivity index (χ0n) is 19.6. The molecule has 0 spiro atoms. The first-order valence-electron chi connectivity index (χ1n) is 11.9. The zero-order valence-corrected chi connectivity index (χ0v) is 22.0. The van der Waals surface area contributed by atoms with Gasteiger partial charge >= 0.3 is 0 Å². The molecule has 5 rings (SSSR count). The molecular weight excluding hydrogens is 477 g/mol. The third kappa shape index (κ3) is 4.72. The molecule has 0 bridgehead atoms. The zero-order chi connectivity index (χ0) is 23.5. The maximum absolute atomic E-state index is 13.6. The van der Waals surface area contributed by atoms with Crippen LogP contribution in [0.4, 0.5) is 0 Å². The van der Waals surface area contributed by atoms with E-state index in [-0.39, 0.29) is 5.56 Å². The summed E-state index contributed by atoms with van der Waals surface area (Å²) >= 11 is 5.20. The van der Waals surface area contributed by atoms with E-state index in [0.717, 1.165) is 40.0 Å². The molecule has 4 aromatic rings. The molecule has 34 heavy (non-hydrogen) atoms. The standard InChI is InChI=1S/C28H29N2OS3/c1-3-21-14-15-22-12-8-9-13-23(22)33-26(21)27-28(31)30(4-2)25(34-27)18-24-29(16-17-32-24)19-20-10-6-5-7-11-20/h5-13,16-18,21H,3-4,14-15,19H2,1-2H3/q+1. The Bertz CT molecular complexity index is 1460. The van der Waals surface area contributed by atoms with E-state index in [0.29, 0.717) is 12.5 Å². The van der Waals surface area contributed by atoms with Crippen LogP contribution in [-0.2, 0) is 19.5 Å². The molecule has 0 aliphatic carbocycles. The summed E-state index contributed by atoms with van der Waals surface area (Å²) in [5.74, 6) is 0.423. The van der Waals surface area contributed by atoms with Crippen molar-refractivity contribution in [3.05, 3.63) is 102 Å². The van der Waals surface area contributed by atoms with E-state index in [1.165, 1.54) is 20.9 Å². The molecule has 3 heterocycles. The van der Waals surface area contributed by atoms with Crippen molar-refractivity contribution in [2.45, 2.75) is 51.1 Å². The molecule has 3 nitrogen and oxygen atoms in total. The molecule has 0 radical (unpaired) electrons. The maximum Gasteiger partial charge on any atom is 0.269 e. The highest BCUT2D eigenvalue weighted by Gasteiger charge is 2.23. The minimum absolute atomic E-state index is 0.158. The summed E-state index contributed by atoms with van der Waals surface area (Å²) in [7, 11) is 0. The van der Waals surface area contributed by atoms with Crippen molar-refractivity contribution < 1.29 is 4.57 Å². The van der Waals surface area contributed by atoms with Crippen molar-refractivity contribution >= 4 is 45.4 Å². The van der Waals surface area contributed by atoms with Crippen molar-refractivity contribution in [1.82, 2.24) is 4.57 Å². The number of hydrogen-bond donors (Lipinski definition) is 0. The second-order valence-electron chi connectivity index (χ2n) is 8.54. The Morgan fingerprint density at radius 3 is 2.68 bits per heavy atom. The first-order valence-corrected chi connectivity index (χ1v) is 14.4. The normalized spacial score (nSPS) is 18.1. The third-order valence-electron chi connectivity index (χ3n) is 6.43. The van der Waals surface area contributed by atoms with E-state index < -0.39 is 0 Å². The van der Waals surface area contributed by atoms with Crippen molar-refractivity contribution in [2.75, 3.05) is 0 Å². The largest absolute Gasteiger partial charge is 0.299 e. The summed E-state index contributed by atoms with van der Waals surface area (Å²) in [5.41, 5.74) is 2.83. The van der Waals surface area contributed by atoms with Crippen LogP contribution in [0.1, 0.15) is 42.8 Å². The maximum atomic E-state index is 13.6. The Hall–Kier alpha value is -2.41. The highest BCUT2D eigenvalue weighted by Crippen LogP contribution is 2.41. The number of nitrogens with zero attached hydrogens (tertiary/aromatic N) is 2. The average Bonchev–Trinajstić information content (AvgIpc) is 3.36. The van der Waals surface area contributed by atoms with Gasteiger partial charge in [-0.05, 0) is 43.7 Å². The molecule has 0 saturated heterocycles. The van der Waals surface area contributed by atoms with Gasteiger partial charge in [-0.2, -0.15) is 4.57 Å². The fourth-order valence-electron chi connectivity index (χ4n) is 4.53. The molecule has 174 valence electrons. The van der Waals surface area contributed by atoms with Gasteiger partial charge in [0.15, 0.2) is 12.7 Å². The van der Waals surface area contributed by atoms with E-state index in [2.05, 4.69) is 84.6 Å². The Kier molecular flexibility index (Phi) is 7.18. The van der Waals surface area contributed by atoms with Crippen LogP contribution in [0, 0.1) is 5.92 Å². The fourth-order valence-corrected chi connectivity index (χ4v) is 8.13. The minimum atomic E-state index is 0.158. The predicted molar refractivity (Wildman–Crippen MR) is 145 cm³/mol. The summed E-state index contributed by atoms with van der Waals surface area (Å²) in [6, 6.07) is 19.2. The lowest BCUT2D eigenvalue weighted by atomic mass is 9.97. The lowest BCUT2D eigenvalue weighted by Gasteiger charge is -2.13. The summed E-state index contributed by atoms with van der Waals surface area (Å²) in [6.45, 7) is 5.82. The van der Waals surface area contributed by atoms with Crippen LogP contribution in [0.2, 0.25) is 0 Å². The van der Waals surface area contributed by atoms with E-state index in [4.69, 9.17) is 0 Å². The average molecular weight is 506 g/mol. The summed E-state index contributed by atoms with van der Waals surface area (Å²) in [5, 5.41) is 3.28. The first kappa shape index (κ1) is 23.3. The van der Waals surface area contributed by atoms with E-state index in [1.807, 2.05) is 22.4 Å². The summed E-state index contributed by atoms with van der Waals surface area (Å²) in [4.78, 5) is 16.2. The molecule has 6 heteroatoms. The van der Waals surface area contributed by atoms with Gasteiger partial charge < -0.3 is 0 Å². The first-order chi connectivity index (χ1) is 16.7. The highest BCUT2D eigenvalue weighted by atomic mass is 32.2. The Morgan fingerprint density at radius 1 is 1.09 bits per heavy atom. The molecule has 0 amide bonds. The molecule has 0 saturated carbocycles. The molecule has 1 aliphatic heterocycles. The van der Waals surface area contributed by atoms with Crippen molar-refractivity contribution in [3.63, 3.8) is 0 Å². The lowest BCUT2D eigenvalue weighted by molar-refractivity contribution is -0.685. The minimum Gasteiger partial charge on any atom is -0.299 e. The Morgan fingerprint density at radius 2 is 1.88 bits per heavy atom. The number of aryl methyl sites for hydroxylation is 1. The lowest BCUT2D eigenvalue weighted by Crippen LogP contribution is -2.36. The van der Waals surface area contributed by atoms with Gasteiger partial charge in [0.1, 0.15) is 9.20 Å². The molecule has 1 atom stereocenters. The topological polar surface area (TPSA) is 25.9 Å². The smallest absolute Gasteiger partial charge is 0.269 e. The number of thiazole rings is 2. The Balaban J connectivity index is 1.63.